The maximum atomic E-state index is 4.58. The Labute approximate surface area is 127 Å². The number of aromatic nitrogens is 1. The fourth-order valence-corrected chi connectivity index (χ4v) is 3.39. The molecule has 1 unspecified atom stereocenters. The van der Waals surface area contributed by atoms with E-state index in [0.29, 0.717) is 6.04 Å². The summed E-state index contributed by atoms with van der Waals surface area (Å²) in [6, 6.07) is 6.79. The van der Waals surface area contributed by atoms with E-state index in [9.17, 15) is 0 Å². The van der Waals surface area contributed by atoms with Crippen LogP contribution in [0.5, 0.6) is 0 Å². The molecule has 4 heteroatoms. The Hall–Kier alpha value is -0.710. The third-order valence-electron chi connectivity index (χ3n) is 3.11. The summed E-state index contributed by atoms with van der Waals surface area (Å²) in [5.41, 5.74) is 3.78. The van der Waals surface area contributed by atoms with Crippen molar-refractivity contribution in [1.82, 2.24) is 10.3 Å². The molecule has 2 nitrogen and oxygen atoms in total. The molecule has 0 saturated carbocycles. The Morgan fingerprint density at radius 1 is 1.37 bits per heavy atom. The molecule has 19 heavy (non-hydrogen) atoms. The quantitative estimate of drug-likeness (QED) is 0.872. The summed E-state index contributed by atoms with van der Waals surface area (Å²) in [5, 5.41) is 6.88. The second kappa shape index (κ2) is 6.64. The molecule has 0 fully saturated rings. The average molecular weight is 339 g/mol. The smallest absolute Gasteiger partial charge is 0.0947 e. The van der Waals surface area contributed by atoms with Crippen molar-refractivity contribution in [1.29, 1.82) is 0 Å². The zero-order valence-corrected chi connectivity index (χ0v) is 13.9. The number of thiazole rings is 1. The number of likely N-dealkylation sites (N-methyl/N-ethyl adjacent to an activating group) is 1. The summed E-state index contributed by atoms with van der Waals surface area (Å²) >= 11 is 5.31. The Bertz CT molecular complexity index is 551. The van der Waals surface area contributed by atoms with Gasteiger partial charge in [-0.05, 0) is 43.7 Å². The van der Waals surface area contributed by atoms with Crippen molar-refractivity contribution >= 4 is 27.3 Å². The Balaban J connectivity index is 2.26. The maximum absolute atomic E-state index is 4.58. The van der Waals surface area contributed by atoms with E-state index in [1.54, 1.807) is 11.3 Å². The molecule has 2 aromatic rings. The lowest BCUT2D eigenvalue weighted by atomic mass is 9.99. The molecule has 1 aromatic heterocycles. The predicted octanol–water partition coefficient (Wildman–Crippen LogP) is 4.42. The van der Waals surface area contributed by atoms with E-state index >= 15 is 0 Å². The van der Waals surface area contributed by atoms with E-state index in [0.717, 1.165) is 23.1 Å². The monoisotopic (exact) mass is 338 g/mol. The van der Waals surface area contributed by atoms with Gasteiger partial charge in [-0.3, -0.25) is 0 Å². The highest BCUT2D eigenvalue weighted by Gasteiger charge is 2.15. The van der Waals surface area contributed by atoms with Crippen molar-refractivity contribution in [3.05, 3.63) is 49.9 Å². The number of nitrogens with zero attached hydrogens (tertiary/aromatic N) is 1. The van der Waals surface area contributed by atoms with E-state index in [-0.39, 0.29) is 0 Å². The van der Waals surface area contributed by atoms with Gasteiger partial charge in [0.15, 0.2) is 0 Å². The van der Waals surface area contributed by atoms with Crippen LogP contribution in [0.4, 0.5) is 0 Å². The first-order valence-electron chi connectivity index (χ1n) is 6.50. The number of nitrogens with one attached hydrogen (secondary N) is 1. The number of rotatable bonds is 5. The van der Waals surface area contributed by atoms with E-state index < -0.39 is 0 Å². The molecule has 0 radical (unpaired) electrons. The third kappa shape index (κ3) is 3.88. The molecule has 0 amide bonds. The zero-order chi connectivity index (χ0) is 13.8. The third-order valence-corrected chi connectivity index (χ3v) is 4.59. The van der Waals surface area contributed by atoms with Crippen LogP contribution in [0.15, 0.2) is 28.1 Å². The van der Waals surface area contributed by atoms with Gasteiger partial charge in [-0.15, -0.1) is 11.3 Å². The maximum Gasteiger partial charge on any atom is 0.0947 e. The molecule has 0 aliphatic heterocycles. The van der Waals surface area contributed by atoms with Gasteiger partial charge in [-0.2, -0.15) is 0 Å². The minimum absolute atomic E-state index is 0.327. The summed E-state index contributed by atoms with van der Waals surface area (Å²) in [4.78, 5) is 4.58. The van der Waals surface area contributed by atoms with Crippen LogP contribution in [-0.4, -0.2) is 11.5 Å². The number of benzene rings is 1. The molecule has 102 valence electrons. The SMILES string of the molecule is CCNC(Cc1nc(C)cs1)c1cc(Br)ccc1C. The molecule has 2 rings (SSSR count). The topological polar surface area (TPSA) is 24.9 Å². The highest BCUT2D eigenvalue weighted by atomic mass is 79.9. The molecule has 0 aliphatic carbocycles. The van der Waals surface area contributed by atoms with Gasteiger partial charge in [-0.25, -0.2) is 4.98 Å². The van der Waals surface area contributed by atoms with Gasteiger partial charge in [0, 0.05) is 28.0 Å². The fourth-order valence-electron chi connectivity index (χ4n) is 2.20. The molecule has 1 aromatic carbocycles. The largest absolute Gasteiger partial charge is 0.310 e. The number of aryl methyl sites for hydroxylation is 2. The lowest BCUT2D eigenvalue weighted by Gasteiger charge is -2.19. The van der Waals surface area contributed by atoms with Crippen LogP contribution >= 0.6 is 27.3 Å². The first kappa shape index (κ1) is 14.7. The second-order valence-corrected chi connectivity index (χ2v) is 6.56. The predicted molar refractivity (Wildman–Crippen MR) is 85.9 cm³/mol. The minimum atomic E-state index is 0.327. The van der Waals surface area contributed by atoms with Gasteiger partial charge in [0.2, 0.25) is 0 Å². The first-order chi connectivity index (χ1) is 9.10. The summed E-state index contributed by atoms with van der Waals surface area (Å²) in [6.07, 6.45) is 0.948. The van der Waals surface area contributed by atoms with Crippen LogP contribution in [0, 0.1) is 13.8 Å². The first-order valence-corrected chi connectivity index (χ1v) is 8.18. The number of hydrogen-bond donors (Lipinski definition) is 1. The highest BCUT2D eigenvalue weighted by molar-refractivity contribution is 9.10. The molecule has 0 saturated heterocycles. The summed E-state index contributed by atoms with van der Waals surface area (Å²) in [6.45, 7) is 7.32. The van der Waals surface area contributed by atoms with Gasteiger partial charge in [0.05, 0.1) is 5.01 Å². The van der Waals surface area contributed by atoms with Gasteiger partial charge < -0.3 is 5.32 Å². The fraction of sp³-hybridized carbons (Fsp3) is 0.400. The molecule has 1 heterocycles. The van der Waals surface area contributed by atoms with Crippen molar-refractivity contribution in [2.75, 3.05) is 6.54 Å². The van der Waals surface area contributed by atoms with Crippen molar-refractivity contribution < 1.29 is 0 Å². The summed E-state index contributed by atoms with van der Waals surface area (Å²) in [5.74, 6) is 0. The second-order valence-electron chi connectivity index (χ2n) is 4.70. The molecular weight excluding hydrogens is 320 g/mol. The van der Waals surface area contributed by atoms with Crippen molar-refractivity contribution in [2.24, 2.45) is 0 Å². The van der Waals surface area contributed by atoms with E-state index in [1.807, 2.05) is 6.92 Å². The van der Waals surface area contributed by atoms with Crippen LogP contribution in [0.3, 0.4) is 0 Å². The van der Waals surface area contributed by atoms with Gasteiger partial charge in [-0.1, -0.05) is 28.9 Å². The lowest BCUT2D eigenvalue weighted by molar-refractivity contribution is 0.545. The van der Waals surface area contributed by atoms with Crippen LogP contribution in [0.1, 0.15) is 34.8 Å². The lowest BCUT2D eigenvalue weighted by Crippen LogP contribution is -2.23. The zero-order valence-electron chi connectivity index (χ0n) is 11.5. The van der Waals surface area contributed by atoms with E-state index in [2.05, 4.69) is 63.7 Å². The Morgan fingerprint density at radius 3 is 2.79 bits per heavy atom. The van der Waals surface area contributed by atoms with Crippen LogP contribution in [-0.2, 0) is 6.42 Å². The summed E-state index contributed by atoms with van der Waals surface area (Å²) < 4.78 is 1.13. The van der Waals surface area contributed by atoms with Crippen molar-refractivity contribution in [2.45, 2.75) is 33.2 Å². The minimum Gasteiger partial charge on any atom is -0.310 e. The van der Waals surface area contributed by atoms with Crippen LogP contribution in [0.2, 0.25) is 0 Å². The van der Waals surface area contributed by atoms with Crippen LogP contribution in [0.25, 0.3) is 0 Å². The van der Waals surface area contributed by atoms with E-state index in [4.69, 9.17) is 0 Å². The Morgan fingerprint density at radius 2 is 2.16 bits per heavy atom. The standard InChI is InChI=1S/C15H19BrN2S/c1-4-17-14(8-15-18-11(3)9-19-15)13-7-12(16)6-5-10(13)2/h5-7,9,14,17H,4,8H2,1-3H3. The molecular formula is C15H19BrN2S. The van der Waals surface area contributed by atoms with E-state index in [1.165, 1.54) is 16.1 Å². The molecule has 1 N–H and O–H groups in total. The van der Waals surface area contributed by atoms with Gasteiger partial charge in [0.1, 0.15) is 0 Å². The number of hydrogen-bond acceptors (Lipinski definition) is 3. The van der Waals surface area contributed by atoms with Crippen molar-refractivity contribution in [3.63, 3.8) is 0 Å². The van der Waals surface area contributed by atoms with Gasteiger partial charge >= 0.3 is 0 Å². The molecule has 0 bridgehead atoms. The van der Waals surface area contributed by atoms with Crippen molar-refractivity contribution in [3.8, 4) is 0 Å². The highest BCUT2D eigenvalue weighted by Crippen LogP contribution is 2.26. The average Bonchev–Trinajstić information content (AvgIpc) is 2.77. The molecule has 1 atom stereocenters. The normalized spacial score (nSPS) is 12.6. The summed E-state index contributed by atoms with van der Waals surface area (Å²) in [7, 11) is 0. The Kier molecular flexibility index (Phi) is 5.13. The molecule has 0 aliphatic rings. The van der Waals surface area contributed by atoms with Crippen LogP contribution < -0.4 is 5.32 Å². The molecule has 0 spiro atoms. The van der Waals surface area contributed by atoms with Gasteiger partial charge in [0.25, 0.3) is 0 Å². The number of halogens is 1.